The molecular weight excluding hydrogens is 304 g/mol. The Morgan fingerprint density at radius 3 is 2.58 bits per heavy atom. The molecule has 2 N–H and O–H groups in total. The van der Waals surface area contributed by atoms with Gasteiger partial charge in [-0.05, 0) is 11.6 Å². The zero-order valence-corrected chi connectivity index (χ0v) is 14.4. The van der Waals surface area contributed by atoms with Gasteiger partial charge in [-0.2, -0.15) is 5.10 Å². The number of aromatic nitrogens is 2. The number of nitrogens with one attached hydrogen (secondary N) is 2. The van der Waals surface area contributed by atoms with Crippen molar-refractivity contribution in [1.82, 2.24) is 25.3 Å². The van der Waals surface area contributed by atoms with Crippen LogP contribution in [0.1, 0.15) is 11.3 Å². The summed E-state index contributed by atoms with van der Waals surface area (Å²) in [5.41, 5.74) is 2.14. The van der Waals surface area contributed by atoms with Gasteiger partial charge < -0.3 is 15.5 Å². The minimum atomic E-state index is -0.00950. The number of carbonyl (C=O) groups is 1. The lowest BCUT2D eigenvalue weighted by atomic mass is 10.2. The summed E-state index contributed by atoms with van der Waals surface area (Å²) in [7, 11) is 5.35. The van der Waals surface area contributed by atoms with Crippen LogP contribution in [0.15, 0.2) is 47.6 Å². The number of hydrogen-bond donors (Lipinski definition) is 2. The van der Waals surface area contributed by atoms with Crippen molar-refractivity contribution in [2.75, 3.05) is 20.6 Å². The molecule has 7 heteroatoms. The van der Waals surface area contributed by atoms with Crippen LogP contribution in [0.2, 0.25) is 0 Å². The van der Waals surface area contributed by atoms with E-state index in [2.05, 4.69) is 20.7 Å². The van der Waals surface area contributed by atoms with E-state index in [1.807, 2.05) is 43.4 Å². The van der Waals surface area contributed by atoms with E-state index in [0.717, 1.165) is 11.3 Å². The van der Waals surface area contributed by atoms with Crippen molar-refractivity contribution >= 4 is 11.9 Å². The first kappa shape index (κ1) is 17.5. The molecular formula is C17H24N6O. The Bertz CT molecular complexity index is 677. The minimum Gasteiger partial charge on any atom is -0.351 e. The molecule has 0 fully saturated rings. The highest BCUT2D eigenvalue weighted by molar-refractivity contribution is 5.86. The Labute approximate surface area is 142 Å². The molecule has 0 bridgehead atoms. The Kier molecular flexibility index (Phi) is 6.36. The highest BCUT2D eigenvalue weighted by Crippen LogP contribution is 2.00. The third kappa shape index (κ3) is 5.42. The van der Waals surface area contributed by atoms with E-state index in [0.29, 0.717) is 19.0 Å². The van der Waals surface area contributed by atoms with Crippen molar-refractivity contribution in [2.24, 2.45) is 12.0 Å². The fourth-order valence-electron chi connectivity index (χ4n) is 1.99. The Balaban J connectivity index is 1.99. The first-order valence-electron chi connectivity index (χ1n) is 7.79. The Hall–Kier alpha value is -2.83. The predicted octanol–water partition coefficient (Wildman–Crippen LogP) is 0.744. The van der Waals surface area contributed by atoms with Crippen LogP contribution in [0.25, 0.3) is 0 Å². The first-order valence-corrected chi connectivity index (χ1v) is 7.79. The van der Waals surface area contributed by atoms with Crippen LogP contribution in [0.3, 0.4) is 0 Å². The molecule has 1 aromatic heterocycles. The first-order chi connectivity index (χ1) is 11.6. The van der Waals surface area contributed by atoms with E-state index < -0.39 is 0 Å². The van der Waals surface area contributed by atoms with Crippen LogP contribution in [0.4, 0.5) is 0 Å². The molecule has 0 saturated carbocycles. The molecule has 0 unspecified atom stereocenters. The van der Waals surface area contributed by atoms with Crippen molar-refractivity contribution in [3.05, 3.63) is 53.9 Å². The van der Waals surface area contributed by atoms with E-state index in [1.54, 1.807) is 29.9 Å². The van der Waals surface area contributed by atoms with Gasteiger partial charge in [0, 0.05) is 27.3 Å². The predicted molar refractivity (Wildman–Crippen MR) is 94.3 cm³/mol. The summed E-state index contributed by atoms with van der Waals surface area (Å²) < 4.78 is 1.80. The highest BCUT2D eigenvalue weighted by Gasteiger charge is 2.07. The van der Waals surface area contributed by atoms with Gasteiger partial charge in [-0.3, -0.25) is 9.48 Å². The summed E-state index contributed by atoms with van der Waals surface area (Å²) in [5.74, 6) is 0.583. The Morgan fingerprint density at radius 1 is 1.21 bits per heavy atom. The van der Waals surface area contributed by atoms with Gasteiger partial charge in [0.05, 0.1) is 25.3 Å². The fourth-order valence-corrected chi connectivity index (χ4v) is 1.99. The normalized spacial score (nSPS) is 11.2. The molecule has 0 spiro atoms. The van der Waals surface area contributed by atoms with Crippen molar-refractivity contribution in [2.45, 2.75) is 13.1 Å². The lowest BCUT2D eigenvalue weighted by Gasteiger charge is -2.15. The maximum Gasteiger partial charge on any atom is 0.241 e. The lowest BCUT2D eigenvalue weighted by Crippen LogP contribution is -2.42. The Morgan fingerprint density at radius 2 is 1.96 bits per heavy atom. The molecule has 1 aromatic carbocycles. The van der Waals surface area contributed by atoms with Crippen LogP contribution >= 0.6 is 0 Å². The lowest BCUT2D eigenvalue weighted by molar-refractivity contribution is -0.127. The van der Waals surface area contributed by atoms with Gasteiger partial charge in [-0.25, -0.2) is 4.99 Å². The van der Waals surface area contributed by atoms with E-state index in [-0.39, 0.29) is 12.5 Å². The third-order valence-electron chi connectivity index (χ3n) is 3.53. The van der Waals surface area contributed by atoms with Gasteiger partial charge in [-0.15, -0.1) is 0 Å². The van der Waals surface area contributed by atoms with E-state index in [9.17, 15) is 4.79 Å². The minimum absolute atomic E-state index is 0.00950. The second kappa shape index (κ2) is 8.71. The summed E-state index contributed by atoms with van der Waals surface area (Å²) in [6.45, 7) is 1.31. The molecule has 1 amide bonds. The molecule has 24 heavy (non-hydrogen) atoms. The molecule has 0 aliphatic rings. The molecule has 0 aliphatic heterocycles. The summed E-state index contributed by atoms with van der Waals surface area (Å²) in [6, 6.07) is 11.9. The second-order valence-corrected chi connectivity index (χ2v) is 5.59. The van der Waals surface area contributed by atoms with Crippen molar-refractivity contribution in [3.8, 4) is 0 Å². The zero-order chi connectivity index (χ0) is 17.4. The van der Waals surface area contributed by atoms with Crippen LogP contribution < -0.4 is 10.6 Å². The van der Waals surface area contributed by atoms with Gasteiger partial charge in [0.2, 0.25) is 5.91 Å². The van der Waals surface area contributed by atoms with Crippen LogP contribution in [0.5, 0.6) is 0 Å². The summed E-state index contributed by atoms with van der Waals surface area (Å²) in [6.07, 6.45) is 1.75. The number of aryl methyl sites for hydroxylation is 1. The van der Waals surface area contributed by atoms with Gasteiger partial charge in [0.1, 0.15) is 0 Å². The number of aliphatic imine (C=N–C) groups is 1. The van der Waals surface area contributed by atoms with E-state index in [1.165, 1.54) is 0 Å². The molecule has 0 aliphatic carbocycles. The molecule has 0 saturated heterocycles. The number of nitrogens with zero attached hydrogens (tertiary/aromatic N) is 4. The maximum absolute atomic E-state index is 11.8. The summed E-state index contributed by atoms with van der Waals surface area (Å²) in [5, 5.41) is 10.4. The van der Waals surface area contributed by atoms with Gasteiger partial charge in [0.15, 0.2) is 5.96 Å². The van der Waals surface area contributed by atoms with Gasteiger partial charge >= 0.3 is 0 Å². The number of benzene rings is 1. The van der Waals surface area contributed by atoms with Gasteiger partial charge in [0.25, 0.3) is 0 Å². The van der Waals surface area contributed by atoms with Crippen LogP contribution in [-0.2, 0) is 24.9 Å². The largest absolute Gasteiger partial charge is 0.351 e. The summed E-state index contributed by atoms with van der Waals surface area (Å²) in [4.78, 5) is 17.9. The second-order valence-electron chi connectivity index (χ2n) is 5.59. The van der Waals surface area contributed by atoms with E-state index in [4.69, 9.17) is 0 Å². The number of rotatable bonds is 6. The monoisotopic (exact) mass is 328 g/mol. The maximum atomic E-state index is 11.8. The number of hydrogen-bond acceptors (Lipinski definition) is 3. The SMILES string of the molecule is CN(C)C(=O)CNC(=NCc1ccccc1)NCc1ccnn1C. The number of amides is 1. The average Bonchev–Trinajstić information content (AvgIpc) is 2.99. The van der Waals surface area contributed by atoms with Gasteiger partial charge in [-0.1, -0.05) is 30.3 Å². The van der Waals surface area contributed by atoms with Crippen LogP contribution in [-0.4, -0.2) is 47.2 Å². The van der Waals surface area contributed by atoms with Crippen LogP contribution in [0, 0.1) is 0 Å². The highest BCUT2D eigenvalue weighted by atomic mass is 16.2. The molecule has 7 nitrogen and oxygen atoms in total. The van der Waals surface area contributed by atoms with Crippen molar-refractivity contribution < 1.29 is 4.79 Å². The zero-order valence-electron chi connectivity index (χ0n) is 14.4. The van der Waals surface area contributed by atoms with E-state index >= 15 is 0 Å². The molecule has 2 rings (SSSR count). The third-order valence-corrected chi connectivity index (χ3v) is 3.53. The number of carbonyl (C=O) groups excluding carboxylic acids is 1. The standard InChI is InChI=1S/C17H24N6O/c1-22(2)16(24)13-20-17(18-11-14-7-5-4-6-8-14)19-12-15-9-10-21-23(15)3/h4-10H,11-13H2,1-3H3,(H2,18,19,20). The molecule has 0 radical (unpaired) electrons. The summed E-state index contributed by atoms with van der Waals surface area (Å²) >= 11 is 0. The molecule has 0 atom stereocenters. The fraction of sp³-hybridized carbons (Fsp3) is 0.353. The van der Waals surface area contributed by atoms with Crippen molar-refractivity contribution in [1.29, 1.82) is 0 Å². The van der Waals surface area contributed by atoms with Crippen molar-refractivity contribution in [3.63, 3.8) is 0 Å². The smallest absolute Gasteiger partial charge is 0.241 e. The molecule has 128 valence electrons. The number of guanidine groups is 1. The molecule has 1 heterocycles. The quantitative estimate of drug-likeness (QED) is 0.606. The molecule has 2 aromatic rings. The average molecular weight is 328 g/mol. The number of likely N-dealkylation sites (N-methyl/N-ethyl adjacent to an activating group) is 1. The topological polar surface area (TPSA) is 74.6 Å².